The Hall–Kier alpha value is -1.59. The van der Waals surface area contributed by atoms with Crippen LogP contribution in [0.5, 0.6) is 0 Å². The van der Waals surface area contributed by atoms with Crippen LogP contribution in [0.4, 0.5) is 0 Å². The van der Waals surface area contributed by atoms with Gasteiger partial charge in [-0.25, -0.2) is 4.79 Å². The first-order valence-electron chi connectivity index (χ1n) is 2.86. The zero-order valence-electron chi connectivity index (χ0n) is 5.68. The Morgan fingerprint density at radius 1 is 1.45 bits per heavy atom. The van der Waals surface area contributed by atoms with E-state index in [0.29, 0.717) is 0 Å². The van der Waals surface area contributed by atoms with Crippen LogP contribution in [-0.4, -0.2) is 33.9 Å². The molecular weight excluding hydrogens is 152 g/mol. The third kappa shape index (κ3) is 1.02. The number of cyclic esters (lactones) is 1. The molecule has 1 aliphatic rings. The summed E-state index contributed by atoms with van der Waals surface area (Å²) in [5, 5.41) is 21.9. The molecule has 0 amide bonds. The molecule has 0 aromatic rings. The molecule has 1 rings (SSSR count). The number of nitrogens with zero attached hydrogens (tertiary/aromatic N) is 2. The van der Waals surface area contributed by atoms with Crippen molar-refractivity contribution in [2.75, 3.05) is 0 Å². The van der Waals surface area contributed by atoms with Gasteiger partial charge in [-0.05, 0) is 6.92 Å². The van der Waals surface area contributed by atoms with Crippen molar-refractivity contribution in [3.05, 3.63) is 0 Å². The van der Waals surface area contributed by atoms with Crippen LogP contribution in [0, 0.1) is 0 Å². The Morgan fingerprint density at radius 3 is 2.45 bits per heavy atom. The predicted molar refractivity (Wildman–Crippen MR) is 34.0 cm³/mol. The zero-order chi connectivity index (χ0) is 8.43. The topological polar surface area (TPSA) is 91.5 Å². The second kappa shape index (κ2) is 2.57. The highest BCUT2D eigenvalue weighted by Crippen LogP contribution is 2.08. The Kier molecular flexibility index (Phi) is 1.75. The van der Waals surface area contributed by atoms with Crippen LogP contribution in [0.2, 0.25) is 0 Å². The van der Waals surface area contributed by atoms with Gasteiger partial charge in [0, 0.05) is 0 Å². The molecule has 0 spiro atoms. The van der Waals surface area contributed by atoms with E-state index in [1.165, 1.54) is 6.92 Å². The van der Waals surface area contributed by atoms with E-state index in [-0.39, 0.29) is 11.4 Å². The van der Waals surface area contributed by atoms with Gasteiger partial charge in [-0.2, -0.15) is 0 Å². The second-order valence-electron chi connectivity index (χ2n) is 1.98. The van der Waals surface area contributed by atoms with E-state index in [0.717, 1.165) is 0 Å². The van der Waals surface area contributed by atoms with Crippen LogP contribution in [0.3, 0.4) is 0 Å². The number of carbonyl (C=O) groups excluding carboxylic acids is 1. The molecule has 0 aromatic heterocycles. The number of hydrogen-bond donors (Lipinski definition) is 2. The average Bonchev–Trinajstić information content (AvgIpc) is 2.24. The maximum absolute atomic E-state index is 10.7. The standard InChI is InChI=1S/C5H6N2O4/c1-2-3(6-9)4(7-10)5(8)11-2/h2,9-10H,1H3/b6-3-,7-4-. The molecule has 0 aliphatic carbocycles. The first-order chi connectivity index (χ1) is 5.20. The molecule has 1 aliphatic heterocycles. The van der Waals surface area contributed by atoms with Crippen molar-refractivity contribution in [3.63, 3.8) is 0 Å². The predicted octanol–water partition coefficient (Wildman–Crippen LogP) is -0.408. The molecule has 0 bridgehead atoms. The van der Waals surface area contributed by atoms with E-state index in [1.54, 1.807) is 0 Å². The minimum absolute atomic E-state index is 0.0579. The van der Waals surface area contributed by atoms with Crippen molar-refractivity contribution in [1.29, 1.82) is 0 Å². The van der Waals surface area contributed by atoms with Gasteiger partial charge in [0.15, 0.2) is 5.71 Å². The Morgan fingerprint density at radius 2 is 2.09 bits per heavy atom. The van der Waals surface area contributed by atoms with Crippen LogP contribution in [0.25, 0.3) is 0 Å². The minimum atomic E-state index is -0.784. The highest BCUT2D eigenvalue weighted by Gasteiger charge is 2.36. The maximum atomic E-state index is 10.7. The Labute approximate surface area is 61.8 Å². The van der Waals surface area contributed by atoms with Crippen LogP contribution in [-0.2, 0) is 9.53 Å². The summed E-state index contributed by atoms with van der Waals surface area (Å²) < 4.78 is 4.55. The lowest BCUT2D eigenvalue weighted by atomic mass is 10.2. The van der Waals surface area contributed by atoms with Gasteiger partial charge >= 0.3 is 5.97 Å². The normalized spacial score (nSPS) is 31.4. The van der Waals surface area contributed by atoms with Crippen molar-refractivity contribution in [2.24, 2.45) is 10.3 Å². The summed E-state index contributed by atoms with van der Waals surface area (Å²) in [5.41, 5.74) is -0.405. The van der Waals surface area contributed by atoms with Gasteiger partial charge in [-0.15, -0.1) is 0 Å². The smallest absolute Gasteiger partial charge is 0.363 e. The van der Waals surface area contributed by atoms with Crippen LogP contribution in [0.1, 0.15) is 6.92 Å². The van der Waals surface area contributed by atoms with E-state index in [9.17, 15) is 4.79 Å². The fourth-order valence-corrected chi connectivity index (χ4v) is 0.790. The van der Waals surface area contributed by atoms with Gasteiger partial charge in [0.2, 0.25) is 5.71 Å². The quantitative estimate of drug-likeness (QED) is 0.285. The summed E-state index contributed by atoms with van der Waals surface area (Å²) in [6.45, 7) is 1.51. The number of esters is 1. The lowest BCUT2D eigenvalue weighted by molar-refractivity contribution is -0.135. The molecule has 0 saturated carbocycles. The fraction of sp³-hybridized carbons (Fsp3) is 0.400. The summed E-state index contributed by atoms with van der Waals surface area (Å²) in [7, 11) is 0. The summed E-state index contributed by atoms with van der Waals surface area (Å²) in [4.78, 5) is 10.7. The monoisotopic (exact) mass is 158 g/mol. The third-order valence-corrected chi connectivity index (χ3v) is 1.31. The van der Waals surface area contributed by atoms with Gasteiger partial charge in [-0.3, -0.25) is 0 Å². The lowest BCUT2D eigenvalue weighted by Gasteiger charge is -1.96. The van der Waals surface area contributed by atoms with Crippen molar-refractivity contribution in [1.82, 2.24) is 0 Å². The molecule has 0 aromatic carbocycles. The summed E-state index contributed by atoms with van der Waals surface area (Å²) >= 11 is 0. The highest BCUT2D eigenvalue weighted by molar-refractivity contribution is 6.68. The van der Waals surface area contributed by atoms with Crippen LogP contribution >= 0.6 is 0 Å². The molecular formula is C5H6N2O4. The van der Waals surface area contributed by atoms with Crippen molar-refractivity contribution >= 4 is 17.4 Å². The van der Waals surface area contributed by atoms with E-state index < -0.39 is 12.1 Å². The molecule has 1 atom stereocenters. The van der Waals surface area contributed by atoms with E-state index >= 15 is 0 Å². The molecule has 2 N–H and O–H groups in total. The summed E-state index contributed by atoms with van der Waals surface area (Å²) in [6, 6.07) is 0. The van der Waals surface area contributed by atoms with Gasteiger partial charge in [-0.1, -0.05) is 10.3 Å². The highest BCUT2D eigenvalue weighted by atomic mass is 16.6. The molecule has 0 radical (unpaired) electrons. The second-order valence-corrected chi connectivity index (χ2v) is 1.98. The fourth-order valence-electron chi connectivity index (χ4n) is 0.790. The molecule has 1 saturated heterocycles. The average molecular weight is 158 g/mol. The van der Waals surface area contributed by atoms with E-state index in [4.69, 9.17) is 10.4 Å². The van der Waals surface area contributed by atoms with Crippen molar-refractivity contribution in [2.45, 2.75) is 13.0 Å². The number of carbonyl (C=O) groups is 1. The van der Waals surface area contributed by atoms with Crippen molar-refractivity contribution < 1.29 is 19.9 Å². The largest absolute Gasteiger partial charge is 0.451 e. The molecule has 60 valence electrons. The minimum Gasteiger partial charge on any atom is -0.451 e. The SMILES string of the molecule is CC1OC(=O)C(=N\O)/C1=N\O. The molecule has 6 heteroatoms. The van der Waals surface area contributed by atoms with E-state index in [1.807, 2.05) is 0 Å². The molecule has 11 heavy (non-hydrogen) atoms. The van der Waals surface area contributed by atoms with Gasteiger partial charge in [0.25, 0.3) is 0 Å². The Balaban J connectivity index is 3.03. The van der Waals surface area contributed by atoms with Crippen LogP contribution < -0.4 is 0 Å². The number of oxime groups is 2. The molecule has 1 unspecified atom stereocenters. The molecule has 1 heterocycles. The van der Waals surface area contributed by atoms with Gasteiger partial charge in [0.1, 0.15) is 6.10 Å². The summed E-state index contributed by atoms with van der Waals surface area (Å²) in [5.74, 6) is -0.784. The lowest BCUT2D eigenvalue weighted by Crippen LogP contribution is -2.18. The maximum Gasteiger partial charge on any atom is 0.363 e. The number of hydrogen-bond acceptors (Lipinski definition) is 6. The van der Waals surface area contributed by atoms with E-state index in [2.05, 4.69) is 15.0 Å². The molecule has 1 fully saturated rings. The first-order valence-corrected chi connectivity index (χ1v) is 2.86. The third-order valence-electron chi connectivity index (χ3n) is 1.31. The number of rotatable bonds is 0. The van der Waals surface area contributed by atoms with Crippen LogP contribution in [0.15, 0.2) is 10.3 Å². The first kappa shape index (κ1) is 7.52. The van der Waals surface area contributed by atoms with Gasteiger partial charge in [0.05, 0.1) is 0 Å². The summed E-state index contributed by atoms with van der Waals surface area (Å²) in [6.07, 6.45) is -0.654. The number of ether oxygens (including phenoxy) is 1. The van der Waals surface area contributed by atoms with Gasteiger partial charge < -0.3 is 15.2 Å². The van der Waals surface area contributed by atoms with Crippen molar-refractivity contribution in [3.8, 4) is 0 Å². The molecule has 6 nitrogen and oxygen atoms in total. The Bertz CT molecular complexity index is 245. The zero-order valence-corrected chi connectivity index (χ0v) is 5.68.